The van der Waals surface area contributed by atoms with Crippen molar-refractivity contribution in [2.75, 3.05) is 7.11 Å². The zero-order valence-electron chi connectivity index (χ0n) is 9.89. The summed E-state index contributed by atoms with van der Waals surface area (Å²) in [5, 5.41) is 9.34. The average Bonchev–Trinajstić information content (AvgIpc) is 2.38. The minimum absolute atomic E-state index is 0.192. The molecule has 0 aliphatic rings. The number of hydrogen-bond donors (Lipinski definition) is 1. The first-order valence-electron chi connectivity index (χ1n) is 5.43. The second-order valence-electron chi connectivity index (χ2n) is 3.74. The van der Waals surface area contributed by atoms with Crippen LogP contribution in [0.2, 0.25) is 0 Å². The highest BCUT2D eigenvalue weighted by Crippen LogP contribution is 2.25. The van der Waals surface area contributed by atoms with E-state index in [9.17, 15) is 5.11 Å². The molecular formula is C14H13BrO3. The molecule has 0 aliphatic heterocycles. The van der Waals surface area contributed by atoms with E-state index >= 15 is 0 Å². The Balaban J connectivity index is 2.10. The number of hydrogen-bond acceptors (Lipinski definition) is 3. The molecule has 0 amide bonds. The van der Waals surface area contributed by atoms with Gasteiger partial charge >= 0.3 is 0 Å². The molecule has 18 heavy (non-hydrogen) atoms. The number of methoxy groups -OCH3 is 1. The maximum atomic E-state index is 9.34. The van der Waals surface area contributed by atoms with Gasteiger partial charge in [-0.15, -0.1) is 0 Å². The highest BCUT2D eigenvalue weighted by molar-refractivity contribution is 9.10. The third kappa shape index (κ3) is 3.17. The smallest absolute Gasteiger partial charge is 0.123 e. The molecule has 0 fully saturated rings. The lowest BCUT2D eigenvalue weighted by Crippen LogP contribution is -1.97. The molecule has 0 aromatic heterocycles. The Labute approximate surface area is 114 Å². The van der Waals surface area contributed by atoms with Crippen molar-refractivity contribution in [1.29, 1.82) is 0 Å². The lowest BCUT2D eigenvalue weighted by Gasteiger charge is -2.09. The summed E-state index contributed by atoms with van der Waals surface area (Å²) in [4.78, 5) is 0. The Morgan fingerprint density at radius 2 is 1.94 bits per heavy atom. The predicted molar refractivity (Wildman–Crippen MR) is 73.1 cm³/mol. The van der Waals surface area contributed by atoms with Gasteiger partial charge in [0.2, 0.25) is 0 Å². The van der Waals surface area contributed by atoms with Crippen LogP contribution in [0.4, 0.5) is 0 Å². The Kier molecular flexibility index (Phi) is 4.10. The van der Waals surface area contributed by atoms with E-state index in [2.05, 4.69) is 15.9 Å². The van der Waals surface area contributed by atoms with E-state index in [1.807, 2.05) is 18.2 Å². The van der Waals surface area contributed by atoms with Crippen LogP contribution in [0.5, 0.6) is 17.2 Å². The molecule has 4 heteroatoms. The lowest BCUT2D eigenvalue weighted by molar-refractivity contribution is 0.302. The van der Waals surface area contributed by atoms with Crippen molar-refractivity contribution in [2.24, 2.45) is 0 Å². The number of halogens is 1. The van der Waals surface area contributed by atoms with Crippen molar-refractivity contribution < 1.29 is 14.6 Å². The van der Waals surface area contributed by atoms with Gasteiger partial charge in [-0.3, -0.25) is 0 Å². The van der Waals surface area contributed by atoms with E-state index in [-0.39, 0.29) is 5.75 Å². The van der Waals surface area contributed by atoms with E-state index < -0.39 is 0 Å². The van der Waals surface area contributed by atoms with Crippen LogP contribution in [0.1, 0.15) is 5.56 Å². The summed E-state index contributed by atoms with van der Waals surface area (Å²) >= 11 is 3.46. The first-order chi connectivity index (χ1) is 8.69. The van der Waals surface area contributed by atoms with Crippen molar-refractivity contribution in [3.63, 3.8) is 0 Å². The van der Waals surface area contributed by atoms with Crippen molar-refractivity contribution >= 4 is 15.9 Å². The quantitative estimate of drug-likeness (QED) is 0.935. The molecule has 0 saturated carbocycles. The van der Waals surface area contributed by atoms with Crippen LogP contribution in [0.3, 0.4) is 0 Å². The summed E-state index contributed by atoms with van der Waals surface area (Å²) in [6, 6.07) is 12.4. The van der Waals surface area contributed by atoms with Gasteiger partial charge in [0.15, 0.2) is 0 Å². The van der Waals surface area contributed by atoms with Crippen LogP contribution in [-0.2, 0) is 6.61 Å². The topological polar surface area (TPSA) is 38.7 Å². The van der Waals surface area contributed by atoms with Crippen molar-refractivity contribution in [3.05, 3.63) is 52.5 Å². The fraction of sp³-hybridized carbons (Fsp3) is 0.143. The SMILES string of the molecule is COc1ccc(Br)c(COc2cccc(O)c2)c1. The highest BCUT2D eigenvalue weighted by Gasteiger charge is 2.03. The third-order valence-electron chi connectivity index (χ3n) is 2.46. The molecule has 94 valence electrons. The molecule has 0 atom stereocenters. The van der Waals surface area contributed by atoms with E-state index in [1.165, 1.54) is 0 Å². The second kappa shape index (κ2) is 5.78. The highest BCUT2D eigenvalue weighted by atomic mass is 79.9. The van der Waals surface area contributed by atoms with E-state index in [0.29, 0.717) is 12.4 Å². The maximum absolute atomic E-state index is 9.34. The maximum Gasteiger partial charge on any atom is 0.123 e. The predicted octanol–water partition coefficient (Wildman–Crippen LogP) is 3.74. The third-order valence-corrected chi connectivity index (χ3v) is 3.24. The van der Waals surface area contributed by atoms with Crippen LogP contribution in [0.15, 0.2) is 46.9 Å². The summed E-state index contributed by atoms with van der Waals surface area (Å²) in [5.41, 5.74) is 0.984. The van der Waals surface area contributed by atoms with Crippen molar-refractivity contribution in [1.82, 2.24) is 0 Å². The summed E-state index contributed by atoms with van der Waals surface area (Å²) in [6.07, 6.45) is 0. The Bertz CT molecular complexity index is 540. The van der Waals surface area contributed by atoms with Gasteiger partial charge in [0.25, 0.3) is 0 Å². The Morgan fingerprint density at radius 1 is 1.11 bits per heavy atom. The fourth-order valence-corrected chi connectivity index (χ4v) is 1.88. The van der Waals surface area contributed by atoms with Gasteiger partial charge in [-0.2, -0.15) is 0 Å². The van der Waals surface area contributed by atoms with Gasteiger partial charge in [0.1, 0.15) is 23.9 Å². The normalized spacial score (nSPS) is 10.1. The summed E-state index contributed by atoms with van der Waals surface area (Å²) < 4.78 is 11.7. The van der Waals surface area contributed by atoms with E-state index in [0.717, 1.165) is 15.8 Å². The van der Waals surface area contributed by atoms with Gasteiger partial charge in [-0.1, -0.05) is 22.0 Å². The molecule has 0 aliphatic carbocycles. The van der Waals surface area contributed by atoms with Gasteiger partial charge in [-0.25, -0.2) is 0 Å². The van der Waals surface area contributed by atoms with Crippen LogP contribution < -0.4 is 9.47 Å². The molecule has 0 unspecified atom stereocenters. The van der Waals surface area contributed by atoms with Crippen LogP contribution in [0.25, 0.3) is 0 Å². The molecular weight excluding hydrogens is 296 g/mol. The molecule has 2 aromatic rings. The minimum Gasteiger partial charge on any atom is -0.508 e. The van der Waals surface area contributed by atoms with E-state index in [4.69, 9.17) is 9.47 Å². The number of rotatable bonds is 4. The van der Waals surface area contributed by atoms with Crippen LogP contribution >= 0.6 is 15.9 Å². The summed E-state index contributed by atoms with van der Waals surface area (Å²) in [6.45, 7) is 0.404. The summed E-state index contributed by atoms with van der Waals surface area (Å²) in [5.74, 6) is 1.61. The van der Waals surface area contributed by atoms with Gasteiger partial charge < -0.3 is 14.6 Å². The average molecular weight is 309 g/mol. The zero-order valence-corrected chi connectivity index (χ0v) is 11.5. The molecule has 2 rings (SSSR count). The first kappa shape index (κ1) is 12.8. The monoisotopic (exact) mass is 308 g/mol. The first-order valence-corrected chi connectivity index (χ1v) is 6.22. The van der Waals surface area contributed by atoms with Crippen LogP contribution in [-0.4, -0.2) is 12.2 Å². The molecule has 0 heterocycles. The molecule has 0 spiro atoms. The van der Waals surface area contributed by atoms with Crippen molar-refractivity contribution in [2.45, 2.75) is 6.61 Å². The number of ether oxygens (including phenoxy) is 2. The minimum atomic E-state index is 0.192. The van der Waals surface area contributed by atoms with Gasteiger partial charge in [0, 0.05) is 16.1 Å². The van der Waals surface area contributed by atoms with Crippen LogP contribution in [0, 0.1) is 0 Å². The van der Waals surface area contributed by atoms with Crippen molar-refractivity contribution in [3.8, 4) is 17.2 Å². The van der Waals surface area contributed by atoms with Gasteiger partial charge in [-0.05, 0) is 30.3 Å². The zero-order chi connectivity index (χ0) is 13.0. The standard InChI is InChI=1S/C14H13BrO3/c1-17-12-5-6-14(15)10(7-12)9-18-13-4-2-3-11(16)8-13/h2-8,16H,9H2,1H3. The fourth-order valence-electron chi connectivity index (χ4n) is 1.52. The largest absolute Gasteiger partial charge is 0.508 e. The number of phenols is 1. The Morgan fingerprint density at radius 3 is 2.67 bits per heavy atom. The molecule has 0 saturated heterocycles. The Hall–Kier alpha value is -1.68. The molecule has 3 nitrogen and oxygen atoms in total. The number of phenolic OH excluding ortho intramolecular Hbond substituents is 1. The summed E-state index contributed by atoms with van der Waals surface area (Å²) in [7, 11) is 1.63. The van der Waals surface area contributed by atoms with Gasteiger partial charge in [0.05, 0.1) is 7.11 Å². The molecule has 2 aromatic carbocycles. The number of benzene rings is 2. The van der Waals surface area contributed by atoms with E-state index in [1.54, 1.807) is 31.4 Å². The molecule has 0 bridgehead atoms. The number of aromatic hydroxyl groups is 1. The second-order valence-corrected chi connectivity index (χ2v) is 4.60. The molecule has 0 radical (unpaired) electrons. The lowest BCUT2D eigenvalue weighted by atomic mass is 10.2. The molecule has 1 N–H and O–H groups in total.